The molecule has 0 aliphatic carbocycles. The number of aromatic nitrogens is 1. The molecule has 1 aliphatic rings. The standard InChI is InChI=1S/C25H30FN3O5/c1-6-34-25(33)20-14(2)18(15(3)27-20)22(30)19-21(16-9-7-10-17(26)13-16)29(24(32)23(19)31)12-8-11-28(4)5/h7,9-10,13,21,27,30H,6,8,11-12H2,1-5H3. The van der Waals surface area contributed by atoms with Crippen molar-refractivity contribution in [2.24, 2.45) is 0 Å². The van der Waals surface area contributed by atoms with E-state index in [4.69, 9.17) is 4.74 Å². The number of likely N-dealkylation sites (tertiary alicyclic amines) is 1. The van der Waals surface area contributed by atoms with Crippen LogP contribution in [0.15, 0.2) is 29.8 Å². The summed E-state index contributed by atoms with van der Waals surface area (Å²) in [6.07, 6.45) is 0.584. The summed E-state index contributed by atoms with van der Waals surface area (Å²) in [6.45, 7) is 6.05. The summed E-state index contributed by atoms with van der Waals surface area (Å²) >= 11 is 0. The molecule has 2 aromatic rings. The normalized spacial score (nSPS) is 17.6. The number of H-pyrrole nitrogens is 1. The van der Waals surface area contributed by atoms with Crippen molar-refractivity contribution in [1.29, 1.82) is 0 Å². The van der Waals surface area contributed by atoms with Crippen LogP contribution in [0, 0.1) is 19.7 Å². The summed E-state index contributed by atoms with van der Waals surface area (Å²) in [5, 5.41) is 11.3. The van der Waals surface area contributed by atoms with Gasteiger partial charge in [0.25, 0.3) is 11.7 Å². The largest absolute Gasteiger partial charge is 0.507 e. The van der Waals surface area contributed by atoms with E-state index in [0.29, 0.717) is 29.8 Å². The van der Waals surface area contributed by atoms with Gasteiger partial charge in [0.15, 0.2) is 0 Å². The van der Waals surface area contributed by atoms with Crippen molar-refractivity contribution in [3.8, 4) is 0 Å². The average molecular weight is 472 g/mol. The number of aliphatic hydroxyl groups excluding tert-OH is 1. The lowest BCUT2D eigenvalue weighted by Crippen LogP contribution is -2.32. The van der Waals surface area contributed by atoms with E-state index in [9.17, 15) is 23.9 Å². The summed E-state index contributed by atoms with van der Waals surface area (Å²) in [5.41, 5.74) is 1.47. The smallest absolute Gasteiger partial charge is 0.355 e. The van der Waals surface area contributed by atoms with Gasteiger partial charge in [0, 0.05) is 17.8 Å². The highest BCUT2D eigenvalue weighted by Gasteiger charge is 2.46. The first-order valence-corrected chi connectivity index (χ1v) is 11.1. The molecule has 0 spiro atoms. The molecule has 34 heavy (non-hydrogen) atoms. The third-order valence-electron chi connectivity index (χ3n) is 5.86. The van der Waals surface area contributed by atoms with Crippen LogP contribution < -0.4 is 0 Å². The second-order valence-corrected chi connectivity index (χ2v) is 8.55. The number of ketones is 1. The van der Waals surface area contributed by atoms with Gasteiger partial charge in [-0.1, -0.05) is 12.1 Å². The quantitative estimate of drug-likeness (QED) is 0.265. The van der Waals surface area contributed by atoms with Gasteiger partial charge in [-0.25, -0.2) is 9.18 Å². The fourth-order valence-electron chi connectivity index (χ4n) is 4.34. The lowest BCUT2D eigenvalue weighted by Gasteiger charge is -2.26. The van der Waals surface area contributed by atoms with Crippen molar-refractivity contribution in [3.63, 3.8) is 0 Å². The number of amides is 1. The molecule has 1 aromatic heterocycles. The van der Waals surface area contributed by atoms with E-state index in [1.807, 2.05) is 19.0 Å². The summed E-state index contributed by atoms with van der Waals surface area (Å²) in [4.78, 5) is 44.7. The van der Waals surface area contributed by atoms with Crippen LogP contribution in [0.3, 0.4) is 0 Å². The van der Waals surface area contributed by atoms with E-state index in [1.54, 1.807) is 26.8 Å². The summed E-state index contributed by atoms with van der Waals surface area (Å²) < 4.78 is 19.2. The van der Waals surface area contributed by atoms with Crippen LogP contribution >= 0.6 is 0 Å². The van der Waals surface area contributed by atoms with Crippen LogP contribution in [0.4, 0.5) is 4.39 Å². The van der Waals surface area contributed by atoms with E-state index >= 15 is 0 Å². The molecule has 1 aliphatic heterocycles. The molecule has 0 saturated carbocycles. The van der Waals surface area contributed by atoms with Gasteiger partial charge in [-0.15, -0.1) is 0 Å². The Morgan fingerprint density at radius 1 is 1.26 bits per heavy atom. The highest BCUT2D eigenvalue weighted by molar-refractivity contribution is 6.46. The predicted molar refractivity (Wildman–Crippen MR) is 125 cm³/mol. The molecule has 0 bridgehead atoms. The number of esters is 1. The summed E-state index contributed by atoms with van der Waals surface area (Å²) in [6, 6.07) is 4.68. The second kappa shape index (κ2) is 10.2. The zero-order valence-electron chi connectivity index (χ0n) is 20.1. The number of benzene rings is 1. The van der Waals surface area contributed by atoms with Crippen LogP contribution in [0.5, 0.6) is 0 Å². The van der Waals surface area contributed by atoms with Gasteiger partial charge < -0.3 is 24.6 Å². The molecule has 1 aromatic carbocycles. The maximum atomic E-state index is 14.1. The Labute approximate surface area is 198 Å². The number of aliphatic hydroxyl groups is 1. The Morgan fingerprint density at radius 3 is 2.59 bits per heavy atom. The number of hydrogen-bond acceptors (Lipinski definition) is 6. The molecule has 9 heteroatoms. The number of carbonyl (C=O) groups is 3. The monoisotopic (exact) mass is 471 g/mol. The third kappa shape index (κ3) is 4.75. The molecule has 1 unspecified atom stereocenters. The molecule has 1 fully saturated rings. The molecule has 8 nitrogen and oxygen atoms in total. The number of nitrogens with zero attached hydrogens (tertiary/aromatic N) is 2. The maximum absolute atomic E-state index is 14.1. The van der Waals surface area contributed by atoms with Crippen LogP contribution in [0.25, 0.3) is 5.76 Å². The van der Waals surface area contributed by atoms with Gasteiger partial charge in [-0.05, 0) is 71.1 Å². The molecule has 0 radical (unpaired) electrons. The molecule has 182 valence electrons. The van der Waals surface area contributed by atoms with E-state index in [-0.39, 0.29) is 30.0 Å². The van der Waals surface area contributed by atoms with E-state index in [1.165, 1.54) is 23.1 Å². The van der Waals surface area contributed by atoms with Gasteiger partial charge in [0.2, 0.25) is 0 Å². The summed E-state index contributed by atoms with van der Waals surface area (Å²) in [5.74, 6) is -3.13. The number of Topliss-reactive ketones (excluding diaryl/α,β-unsaturated/α-hetero) is 1. The van der Waals surface area contributed by atoms with Gasteiger partial charge in [0.05, 0.1) is 18.2 Å². The minimum absolute atomic E-state index is 0.138. The highest BCUT2D eigenvalue weighted by Crippen LogP contribution is 2.41. The number of carbonyl (C=O) groups excluding carboxylic acids is 3. The zero-order chi connectivity index (χ0) is 25.2. The number of aromatic amines is 1. The Kier molecular flexibility index (Phi) is 7.56. The molecule has 3 rings (SSSR count). The maximum Gasteiger partial charge on any atom is 0.355 e. The van der Waals surface area contributed by atoms with Gasteiger partial charge >= 0.3 is 5.97 Å². The average Bonchev–Trinajstić information content (AvgIpc) is 3.21. The molecular formula is C25H30FN3O5. The number of aryl methyl sites for hydroxylation is 1. The first-order chi connectivity index (χ1) is 16.1. The van der Waals surface area contributed by atoms with Gasteiger partial charge in [-0.3, -0.25) is 9.59 Å². The number of ether oxygens (including phenoxy) is 1. The van der Waals surface area contributed by atoms with Crippen molar-refractivity contribution in [3.05, 3.63) is 63.7 Å². The van der Waals surface area contributed by atoms with Crippen molar-refractivity contribution < 1.29 is 28.6 Å². The van der Waals surface area contributed by atoms with Gasteiger partial charge in [0.1, 0.15) is 17.3 Å². The number of nitrogens with one attached hydrogen (secondary N) is 1. The van der Waals surface area contributed by atoms with E-state index in [2.05, 4.69) is 4.98 Å². The van der Waals surface area contributed by atoms with Crippen molar-refractivity contribution >= 4 is 23.4 Å². The van der Waals surface area contributed by atoms with Crippen LogP contribution in [0.2, 0.25) is 0 Å². The molecular weight excluding hydrogens is 441 g/mol. The topological polar surface area (TPSA) is 103 Å². The number of hydrogen-bond donors (Lipinski definition) is 2. The first-order valence-electron chi connectivity index (χ1n) is 11.1. The van der Waals surface area contributed by atoms with E-state index in [0.717, 1.165) is 0 Å². The third-order valence-corrected chi connectivity index (χ3v) is 5.86. The highest BCUT2D eigenvalue weighted by atomic mass is 19.1. The Morgan fingerprint density at radius 2 is 1.97 bits per heavy atom. The van der Waals surface area contributed by atoms with Crippen LogP contribution in [-0.2, 0) is 14.3 Å². The minimum Gasteiger partial charge on any atom is -0.507 e. The Balaban J connectivity index is 2.16. The molecule has 2 N–H and O–H groups in total. The molecule has 2 heterocycles. The fraction of sp³-hybridized carbons (Fsp3) is 0.400. The summed E-state index contributed by atoms with van der Waals surface area (Å²) in [7, 11) is 3.80. The lowest BCUT2D eigenvalue weighted by atomic mass is 9.94. The van der Waals surface area contributed by atoms with Crippen LogP contribution in [0.1, 0.15) is 52.3 Å². The van der Waals surface area contributed by atoms with E-state index < -0.39 is 35.3 Å². The SMILES string of the molecule is CCOC(=O)c1[nH]c(C)c(C(O)=C2C(=O)C(=O)N(CCCN(C)C)C2c2cccc(F)c2)c1C. The number of halogens is 1. The lowest BCUT2D eigenvalue weighted by molar-refractivity contribution is -0.139. The molecule has 1 atom stereocenters. The zero-order valence-corrected chi connectivity index (χ0v) is 20.1. The van der Waals surface area contributed by atoms with Gasteiger partial charge in [-0.2, -0.15) is 0 Å². The first kappa shape index (κ1) is 25.2. The Hall–Kier alpha value is -3.46. The molecule has 1 amide bonds. The van der Waals surface area contributed by atoms with Crippen LogP contribution in [-0.4, -0.2) is 71.3 Å². The Bertz CT molecular complexity index is 1150. The molecule has 1 saturated heterocycles. The second-order valence-electron chi connectivity index (χ2n) is 8.55. The minimum atomic E-state index is -0.961. The van der Waals surface area contributed by atoms with Crippen molar-refractivity contribution in [2.45, 2.75) is 33.2 Å². The number of rotatable bonds is 8. The predicted octanol–water partition coefficient (Wildman–Crippen LogP) is 3.32. The van der Waals surface area contributed by atoms with Crippen molar-refractivity contribution in [1.82, 2.24) is 14.8 Å². The van der Waals surface area contributed by atoms with Crippen molar-refractivity contribution in [2.75, 3.05) is 33.8 Å². The fourth-order valence-corrected chi connectivity index (χ4v) is 4.34.